The number of benzene rings is 1. The molecule has 1 fully saturated rings. The standard InChI is InChI=1S/C16H14ClF3O3/c1-2-23-8-12(14(21)9-3-4-9)15(22)11-6-5-10(7-13(11)17)16(18,19)20/h5-9H,2-4H2,1H3/b12-8-. The molecule has 0 unspecified atom stereocenters. The molecule has 0 bridgehead atoms. The van der Waals surface area contributed by atoms with Gasteiger partial charge in [-0.25, -0.2) is 0 Å². The molecule has 2 rings (SSSR count). The molecule has 0 atom stereocenters. The van der Waals surface area contributed by atoms with Crippen LogP contribution in [0.1, 0.15) is 35.7 Å². The molecule has 0 aliphatic heterocycles. The fourth-order valence-electron chi connectivity index (χ4n) is 1.98. The Morgan fingerprint density at radius 3 is 2.48 bits per heavy atom. The molecule has 1 aliphatic carbocycles. The van der Waals surface area contributed by atoms with E-state index in [1.807, 2.05) is 0 Å². The van der Waals surface area contributed by atoms with E-state index in [1.54, 1.807) is 6.92 Å². The first-order valence-corrected chi connectivity index (χ1v) is 7.41. The molecular formula is C16H14ClF3O3. The lowest BCUT2D eigenvalue weighted by Gasteiger charge is -2.11. The Bertz CT molecular complexity index is 661. The maximum absolute atomic E-state index is 12.6. The zero-order valence-corrected chi connectivity index (χ0v) is 13.0. The number of hydrogen-bond donors (Lipinski definition) is 0. The van der Waals surface area contributed by atoms with Gasteiger partial charge in [0.25, 0.3) is 0 Å². The molecule has 1 aromatic rings. The lowest BCUT2D eigenvalue weighted by Crippen LogP contribution is -2.16. The number of ketones is 2. The van der Waals surface area contributed by atoms with Crippen molar-refractivity contribution in [1.29, 1.82) is 0 Å². The number of rotatable bonds is 6. The van der Waals surface area contributed by atoms with E-state index in [0.29, 0.717) is 18.9 Å². The highest BCUT2D eigenvalue weighted by Gasteiger charge is 2.36. The topological polar surface area (TPSA) is 43.4 Å². The second-order valence-electron chi connectivity index (χ2n) is 5.15. The van der Waals surface area contributed by atoms with Gasteiger partial charge in [-0.05, 0) is 38.0 Å². The van der Waals surface area contributed by atoms with Crippen molar-refractivity contribution in [2.24, 2.45) is 5.92 Å². The average molecular weight is 347 g/mol. The van der Waals surface area contributed by atoms with Gasteiger partial charge in [0.1, 0.15) is 5.57 Å². The number of ether oxygens (including phenoxy) is 1. The highest BCUT2D eigenvalue weighted by atomic mass is 35.5. The Hall–Kier alpha value is -1.82. The quantitative estimate of drug-likeness (QED) is 0.251. The van der Waals surface area contributed by atoms with E-state index >= 15 is 0 Å². The number of carbonyl (C=O) groups is 2. The van der Waals surface area contributed by atoms with E-state index < -0.39 is 17.5 Å². The Balaban J connectivity index is 2.34. The van der Waals surface area contributed by atoms with Gasteiger partial charge in [0, 0.05) is 11.5 Å². The summed E-state index contributed by atoms with van der Waals surface area (Å²) in [5.41, 5.74) is -1.29. The smallest absolute Gasteiger partial charge is 0.416 e. The Morgan fingerprint density at radius 2 is 2.00 bits per heavy atom. The van der Waals surface area contributed by atoms with Gasteiger partial charge in [-0.2, -0.15) is 13.2 Å². The average Bonchev–Trinajstić information content (AvgIpc) is 3.30. The van der Waals surface area contributed by atoms with E-state index in [4.69, 9.17) is 16.3 Å². The van der Waals surface area contributed by atoms with E-state index in [-0.39, 0.29) is 34.5 Å². The van der Waals surface area contributed by atoms with Crippen molar-refractivity contribution in [3.05, 3.63) is 46.2 Å². The summed E-state index contributed by atoms with van der Waals surface area (Å²) >= 11 is 5.81. The van der Waals surface area contributed by atoms with Crippen molar-refractivity contribution in [3.63, 3.8) is 0 Å². The molecule has 3 nitrogen and oxygen atoms in total. The van der Waals surface area contributed by atoms with Gasteiger partial charge < -0.3 is 4.74 Å². The molecule has 0 N–H and O–H groups in total. The molecule has 1 saturated carbocycles. The van der Waals surface area contributed by atoms with Crippen LogP contribution in [0.2, 0.25) is 5.02 Å². The zero-order valence-electron chi connectivity index (χ0n) is 12.2. The molecule has 0 aromatic heterocycles. The summed E-state index contributed by atoms with van der Waals surface area (Å²) in [5.74, 6) is -1.31. The predicted molar refractivity (Wildman–Crippen MR) is 78.2 cm³/mol. The number of carbonyl (C=O) groups excluding carboxylic acids is 2. The van der Waals surface area contributed by atoms with E-state index in [9.17, 15) is 22.8 Å². The van der Waals surface area contributed by atoms with Crippen LogP contribution in [0.4, 0.5) is 13.2 Å². The van der Waals surface area contributed by atoms with Gasteiger partial charge in [0.2, 0.25) is 5.78 Å². The van der Waals surface area contributed by atoms with E-state index in [2.05, 4.69) is 0 Å². The lowest BCUT2D eigenvalue weighted by atomic mass is 9.97. The van der Waals surface area contributed by atoms with Crippen LogP contribution in [-0.4, -0.2) is 18.2 Å². The third-order valence-electron chi connectivity index (χ3n) is 3.37. The molecule has 1 aliphatic rings. The lowest BCUT2D eigenvalue weighted by molar-refractivity contribution is -0.137. The summed E-state index contributed by atoms with van der Waals surface area (Å²) < 4.78 is 42.9. The maximum Gasteiger partial charge on any atom is 0.416 e. The number of hydrogen-bond acceptors (Lipinski definition) is 3. The normalized spacial score (nSPS) is 15.4. The van der Waals surface area contributed by atoms with Crippen molar-refractivity contribution < 1.29 is 27.5 Å². The summed E-state index contributed by atoms with van der Waals surface area (Å²) in [6, 6.07) is 2.42. The second-order valence-corrected chi connectivity index (χ2v) is 5.55. The summed E-state index contributed by atoms with van der Waals surface area (Å²) in [6.45, 7) is 1.95. The van der Waals surface area contributed by atoms with Crippen molar-refractivity contribution >= 4 is 23.2 Å². The first kappa shape index (κ1) is 17.5. The van der Waals surface area contributed by atoms with Gasteiger partial charge in [-0.3, -0.25) is 9.59 Å². The third kappa shape index (κ3) is 4.13. The molecular weight excluding hydrogens is 333 g/mol. The Morgan fingerprint density at radius 1 is 1.35 bits per heavy atom. The van der Waals surface area contributed by atoms with Crippen molar-refractivity contribution in [2.45, 2.75) is 25.9 Å². The number of halogens is 4. The number of alkyl halides is 3. The molecule has 0 saturated heterocycles. The monoisotopic (exact) mass is 346 g/mol. The molecule has 124 valence electrons. The maximum atomic E-state index is 12.6. The van der Waals surface area contributed by atoms with Crippen LogP contribution in [0, 0.1) is 5.92 Å². The van der Waals surface area contributed by atoms with E-state index in [1.165, 1.54) is 0 Å². The molecule has 0 heterocycles. The minimum atomic E-state index is -4.56. The van der Waals surface area contributed by atoms with Gasteiger partial charge in [-0.15, -0.1) is 0 Å². The first-order chi connectivity index (χ1) is 10.8. The third-order valence-corrected chi connectivity index (χ3v) is 3.68. The van der Waals surface area contributed by atoms with Gasteiger partial charge in [0.15, 0.2) is 5.78 Å². The van der Waals surface area contributed by atoms with Crippen LogP contribution in [0.25, 0.3) is 0 Å². The summed E-state index contributed by atoms with van der Waals surface area (Å²) in [5, 5.41) is -0.351. The minimum absolute atomic E-state index is 0.153. The molecule has 1 aromatic carbocycles. The highest BCUT2D eigenvalue weighted by molar-refractivity contribution is 6.37. The largest absolute Gasteiger partial charge is 0.501 e. The van der Waals surface area contributed by atoms with Crippen LogP contribution < -0.4 is 0 Å². The fourth-order valence-corrected chi connectivity index (χ4v) is 2.24. The molecule has 0 amide bonds. The van der Waals surface area contributed by atoms with Crippen LogP contribution in [-0.2, 0) is 15.7 Å². The van der Waals surface area contributed by atoms with Crippen LogP contribution in [0.5, 0.6) is 0 Å². The summed E-state index contributed by atoms with van der Waals surface area (Å²) in [7, 11) is 0. The SMILES string of the molecule is CCO/C=C(\C(=O)c1ccc(C(F)(F)F)cc1Cl)C(=O)C1CC1. The van der Waals surface area contributed by atoms with Crippen molar-refractivity contribution in [3.8, 4) is 0 Å². The fraction of sp³-hybridized carbons (Fsp3) is 0.375. The molecule has 23 heavy (non-hydrogen) atoms. The van der Waals surface area contributed by atoms with Gasteiger partial charge >= 0.3 is 6.18 Å². The van der Waals surface area contributed by atoms with Gasteiger partial charge in [0.05, 0.1) is 23.5 Å². The Kier molecular flexibility index (Phi) is 5.14. The second kappa shape index (κ2) is 6.74. The highest BCUT2D eigenvalue weighted by Crippen LogP contribution is 2.35. The van der Waals surface area contributed by atoms with Crippen LogP contribution in [0.3, 0.4) is 0 Å². The Labute approximate surface area is 136 Å². The summed E-state index contributed by atoms with van der Waals surface area (Å²) in [6.07, 6.45) is -2.11. The first-order valence-electron chi connectivity index (χ1n) is 7.03. The summed E-state index contributed by atoms with van der Waals surface area (Å²) in [4.78, 5) is 24.6. The zero-order chi connectivity index (χ0) is 17.2. The molecule has 0 radical (unpaired) electrons. The van der Waals surface area contributed by atoms with Crippen LogP contribution >= 0.6 is 11.6 Å². The predicted octanol–water partition coefficient (Wildman–Crippen LogP) is 4.44. The van der Waals surface area contributed by atoms with Crippen molar-refractivity contribution in [1.82, 2.24) is 0 Å². The van der Waals surface area contributed by atoms with Gasteiger partial charge in [-0.1, -0.05) is 11.6 Å². The van der Waals surface area contributed by atoms with Crippen molar-refractivity contribution in [2.75, 3.05) is 6.61 Å². The van der Waals surface area contributed by atoms with E-state index in [0.717, 1.165) is 18.4 Å². The molecule has 7 heteroatoms. The number of Topliss-reactive ketones (excluding diaryl/α,β-unsaturated/α-hetero) is 2. The number of allylic oxidation sites excluding steroid dienone is 1. The minimum Gasteiger partial charge on any atom is -0.501 e. The molecule has 0 spiro atoms. The van der Waals surface area contributed by atoms with Crippen LogP contribution in [0.15, 0.2) is 30.0 Å².